The first-order valence-electron chi connectivity index (χ1n) is 8.52. The number of benzene rings is 2. The summed E-state index contributed by atoms with van der Waals surface area (Å²) in [4.78, 5) is 12.3. The second-order valence-electron chi connectivity index (χ2n) is 5.90. The molecule has 3 aromatic rings. The average molecular weight is 334 g/mol. The lowest BCUT2D eigenvalue weighted by atomic mass is 10.1. The van der Waals surface area contributed by atoms with E-state index in [1.165, 1.54) is 18.4 Å². The summed E-state index contributed by atoms with van der Waals surface area (Å²) < 4.78 is 0. The molecule has 0 atom stereocenters. The van der Waals surface area contributed by atoms with Gasteiger partial charge in [0.05, 0.1) is 6.20 Å². The van der Waals surface area contributed by atoms with E-state index in [0.717, 1.165) is 23.2 Å². The van der Waals surface area contributed by atoms with Crippen molar-refractivity contribution in [3.8, 4) is 11.1 Å². The fraction of sp³-hybridized carbons (Fsp3) is 0.200. The molecule has 0 fully saturated rings. The first-order valence-corrected chi connectivity index (χ1v) is 8.52. The summed E-state index contributed by atoms with van der Waals surface area (Å²) in [6, 6.07) is 17.5. The molecule has 0 bridgehead atoms. The van der Waals surface area contributed by atoms with Crippen LogP contribution in [-0.2, 0) is 6.42 Å². The van der Waals surface area contributed by atoms with Gasteiger partial charge in [0.1, 0.15) is 5.82 Å². The Morgan fingerprint density at radius 1 is 1.04 bits per heavy atom. The van der Waals surface area contributed by atoms with Crippen molar-refractivity contribution in [2.24, 2.45) is 0 Å². The molecule has 1 aromatic heterocycles. The normalized spacial score (nSPS) is 10.4. The van der Waals surface area contributed by atoms with Crippen LogP contribution in [0.25, 0.3) is 11.1 Å². The number of carbonyl (C=O) groups excluding carboxylic acids is 1. The Labute approximate surface area is 147 Å². The van der Waals surface area contributed by atoms with Crippen molar-refractivity contribution >= 4 is 17.5 Å². The van der Waals surface area contributed by atoms with E-state index in [1.54, 1.807) is 6.20 Å². The molecule has 2 amide bonds. The monoisotopic (exact) mass is 334 g/mol. The lowest BCUT2D eigenvalue weighted by Crippen LogP contribution is -2.20. The lowest BCUT2D eigenvalue weighted by Gasteiger charge is -2.09. The van der Waals surface area contributed by atoms with Gasteiger partial charge in [-0.15, -0.1) is 0 Å². The number of carbonyl (C=O) groups is 1. The van der Waals surface area contributed by atoms with Crippen LogP contribution in [0.3, 0.4) is 0 Å². The van der Waals surface area contributed by atoms with Crippen LogP contribution in [0.1, 0.15) is 25.3 Å². The number of amides is 2. The van der Waals surface area contributed by atoms with Gasteiger partial charge in [-0.2, -0.15) is 5.10 Å². The number of nitrogens with zero attached hydrogens (tertiary/aromatic N) is 1. The van der Waals surface area contributed by atoms with Gasteiger partial charge >= 0.3 is 6.03 Å². The number of urea groups is 1. The van der Waals surface area contributed by atoms with Crippen LogP contribution < -0.4 is 10.6 Å². The van der Waals surface area contributed by atoms with Gasteiger partial charge in [0.15, 0.2) is 0 Å². The SMILES string of the molecule is CCCCc1ccc(NC(=O)Nc2[nH]ncc2-c2ccccc2)cc1. The summed E-state index contributed by atoms with van der Waals surface area (Å²) in [7, 11) is 0. The average Bonchev–Trinajstić information content (AvgIpc) is 3.10. The zero-order valence-corrected chi connectivity index (χ0v) is 14.3. The van der Waals surface area contributed by atoms with Gasteiger partial charge in [-0.25, -0.2) is 4.79 Å². The zero-order chi connectivity index (χ0) is 17.5. The Balaban J connectivity index is 1.63. The Kier molecular flexibility index (Phi) is 5.46. The number of anilines is 2. The van der Waals surface area contributed by atoms with Crippen LogP contribution in [0.4, 0.5) is 16.3 Å². The second-order valence-corrected chi connectivity index (χ2v) is 5.90. The van der Waals surface area contributed by atoms with Gasteiger partial charge < -0.3 is 5.32 Å². The molecule has 0 saturated carbocycles. The molecule has 25 heavy (non-hydrogen) atoms. The summed E-state index contributed by atoms with van der Waals surface area (Å²) in [5.41, 5.74) is 3.89. The number of hydrogen-bond donors (Lipinski definition) is 3. The summed E-state index contributed by atoms with van der Waals surface area (Å²) in [5, 5.41) is 12.5. The second kappa shape index (κ2) is 8.15. The Bertz CT molecular complexity index is 809. The fourth-order valence-electron chi connectivity index (χ4n) is 2.63. The number of hydrogen-bond acceptors (Lipinski definition) is 2. The van der Waals surface area contributed by atoms with E-state index in [0.29, 0.717) is 5.82 Å². The molecule has 0 aliphatic rings. The number of H-pyrrole nitrogens is 1. The minimum absolute atomic E-state index is 0.303. The maximum absolute atomic E-state index is 12.3. The van der Waals surface area contributed by atoms with Crippen molar-refractivity contribution in [2.75, 3.05) is 10.6 Å². The van der Waals surface area contributed by atoms with E-state index in [9.17, 15) is 4.79 Å². The molecule has 1 heterocycles. The van der Waals surface area contributed by atoms with E-state index in [1.807, 2.05) is 42.5 Å². The van der Waals surface area contributed by atoms with Gasteiger partial charge in [0.2, 0.25) is 0 Å². The molecule has 3 rings (SSSR count). The molecule has 5 heteroatoms. The number of aryl methyl sites for hydroxylation is 1. The minimum atomic E-state index is -0.303. The Hall–Kier alpha value is -3.08. The highest BCUT2D eigenvalue weighted by Crippen LogP contribution is 2.25. The van der Waals surface area contributed by atoms with Crippen LogP contribution >= 0.6 is 0 Å². The van der Waals surface area contributed by atoms with Gasteiger partial charge in [-0.1, -0.05) is 55.8 Å². The highest BCUT2D eigenvalue weighted by Gasteiger charge is 2.10. The minimum Gasteiger partial charge on any atom is -0.308 e. The third kappa shape index (κ3) is 4.47. The molecular formula is C20H22N4O. The molecular weight excluding hydrogens is 312 g/mol. The predicted octanol–water partition coefficient (Wildman–Crippen LogP) is 5.06. The van der Waals surface area contributed by atoms with Gasteiger partial charge in [-0.3, -0.25) is 10.4 Å². The first-order chi connectivity index (χ1) is 12.3. The van der Waals surface area contributed by atoms with E-state index < -0.39 is 0 Å². The standard InChI is InChI=1S/C20H22N4O/c1-2-3-7-15-10-12-17(13-11-15)22-20(25)23-19-18(14-21-24-19)16-8-5-4-6-9-16/h4-6,8-14H,2-3,7H2,1H3,(H3,21,22,23,24,25). The summed E-state index contributed by atoms with van der Waals surface area (Å²) in [5.74, 6) is 0.572. The van der Waals surface area contributed by atoms with Crippen molar-refractivity contribution in [3.63, 3.8) is 0 Å². The third-order valence-corrected chi connectivity index (χ3v) is 3.99. The quantitative estimate of drug-likeness (QED) is 0.589. The van der Waals surface area contributed by atoms with Gasteiger partial charge in [0, 0.05) is 11.3 Å². The number of unbranched alkanes of at least 4 members (excludes halogenated alkanes) is 1. The van der Waals surface area contributed by atoms with Crippen LogP contribution in [0, 0.1) is 0 Å². The molecule has 0 unspecified atom stereocenters. The summed E-state index contributed by atoms with van der Waals surface area (Å²) >= 11 is 0. The molecule has 0 saturated heterocycles. The van der Waals surface area contributed by atoms with Crippen molar-refractivity contribution < 1.29 is 4.79 Å². The molecule has 2 aromatic carbocycles. The van der Waals surface area contributed by atoms with Crippen LogP contribution in [0.5, 0.6) is 0 Å². The summed E-state index contributed by atoms with van der Waals surface area (Å²) in [6.45, 7) is 2.18. The molecule has 0 aliphatic carbocycles. The number of rotatable bonds is 6. The van der Waals surface area contributed by atoms with Gasteiger partial charge in [-0.05, 0) is 36.1 Å². The van der Waals surface area contributed by atoms with Crippen molar-refractivity contribution in [1.82, 2.24) is 10.2 Å². The Morgan fingerprint density at radius 3 is 2.52 bits per heavy atom. The predicted molar refractivity (Wildman–Crippen MR) is 102 cm³/mol. The highest BCUT2D eigenvalue weighted by molar-refractivity contribution is 6.01. The van der Waals surface area contributed by atoms with Crippen molar-refractivity contribution in [3.05, 3.63) is 66.4 Å². The first kappa shape index (κ1) is 16.8. The number of aromatic amines is 1. The number of nitrogens with one attached hydrogen (secondary N) is 3. The van der Waals surface area contributed by atoms with Crippen molar-refractivity contribution in [2.45, 2.75) is 26.2 Å². The highest BCUT2D eigenvalue weighted by atomic mass is 16.2. The van der Waals surface area contributed by atoms with Gasteiger partial charge in [0.25, 0.3) is 0 Å². The van der Waals surface area contributed by atoms with Crippen molar-refractivity contribution in [1.29, 1.82) is 0 Å². The molecule has 0 aliphatic heterocycles. The third-order valence-electron chi connectivity index (χ3n) is 3.99. The van der Waals surface area contributed by atoms with E-state index in [4.69, 9.17) is 0 Å². The van der Waals surface area contributed by atoms with Crippen LogP contribution in [0.2, 0.25) is 0 Å². The van der Waals surface area contributed by atoms with Crippen LogP contribution in [-0.4, -0.2) is 16.2 Å². The summed E-state index contributed by atoms with van der Waals surface area (Å²) in [6.07, 6.45) is 5.12. The fourth-order valence-corrected chi connectivity index (χ4v) is 2.63. The van der Waals surface area contributed by atoms with E-state index >= 15 is 0 Å². The van der Waals surface area contributed by atoms with E-state index in [2.05, 4.69) is 39.9 Å². The molecule has 0 spiro atoms. The smallest absolute Gasteiger partial charge is 0.308 e. The molecule has 3 N–H and O–H groups in total. The Morgan fingerprint density at radius 2 is 1.80 bits per heavy atom. The largest absolute Gasteiger partial charge is 0.324 e. The molecule has 0 radical (unpaired) electrons. The lowest BCUT2D eigenvalue weighted by molar-refractivity contribution is 0.262. The van der Waals surface area contributed by atoms with E-state index in [-0.39, 0.29) is 6.03 Å². The zero-order valence-electron chi connectivity index (χ0n) is 14.3. The topological polar surface area (TPSA) is 69.8 Å². The van der Waals surface area contributed by atoms with Crippen LogP contribution in [0.15, 0.2) is 60.8 Å². The maximum atomic E-state index is 12.3. The maximum Gasteiger partial charge on any atom is 0.324 e. The number of aromatic nitrogens is 2. The molecule has 5 nitrogen and oxygen atoms in total. The molecule has 128 valence electrons.